The van der Waals surface area contributed by atoms with Crippen LogP contribution in [0.15, 0.2) is 83.8 Å². The van der Waals surface area contributed by atoms with Crippen molar-refractivity contribution in [2.24, 2.45) is 0 Å². The highest BCUT2D eigenvalue weighted by Gasteiger charge is 2.28. The van der Waals surface area contributed by atoms with E-state index in [1.165, 1.54) is 11.3 Å². The average molecular weight is 545 g/mol. The highest BCUT2D eigenvalue weighted by Crippen LogP contribution is 2.34. The number of allylic oxidation sites excluding steroid dienone is 2. The van der Waals surface area contributed by atoms with E-state index in [0.29, 0.717) is 4.90 Å². The Balaban J connectivity index is 2.04. The van der Waals surface area contributed by atoms with Gasteiger partial charge in [0.2, 0.25) is 0 Å². The van der Waals surface area contributed by atoms with Gasteiger partial charge in [-0.1, -0.05) is 68.0 Å². The van der Waals surface area contributed by atoms with Crippen molar-refractivity contribution in [2.75, 3.05) is 37.0 Å². The summed E-state index contributed by atoms with van der Waals surface area (Å²) in [5.41, 5.74) is 7.63. The fraction of sp³-hybridized carbons (Fsp3) is 0.353. The van der Waals surface area contributed by atoms with E-state index in [0.717, 1.165) is 53.9 Å². The van der Waals surface area contributed by atoms with Crippen molar-refractivity contribution in [3.8, 4) is 0 Å². The van der Waals surface area contributed by atoms with Crippen LogP contribution in [0.2, 0.25) is 0 Å². The lowest BCUT2D eigenvalue weighted by Crippen LogP contribution is -2.17. The zero-order valence-electron chi connectivity index (χ0n) is 24.6. The molecular formula is C34H44N2O2S. The van der Waals surface area contributed by atoms with Crippen molar-refractivity contribution in [3.63, 3.8) is 0 Å². The maximum atomic E-state index is 14.0. The molecule has 3 rings (SSSR count). The van der Waals surface area contributed by atoms with Gasteiger partial charge in [-0.2, -0.15) is 0 Å². The van der Waals surface area contributed by atoms with Crippen molar-refractivity contribution in [1.29, 1.82) is 0 Å². The third kappa shape index (κ3) is 7.21. The van der Waals surface area contributed by atoms with Gasteiger partial charge in [-0.25, -0.2) is 8.42 Å². The molecule has 0 aliphatic carbocycles. The van der Waals surface area contributed by atoms with Crippen molar-refractivity contribution in [2.45, 2.75) is 57.6 Å². The Morgan fingerprint density at radius 2 is 1.31 bits per heavy atom. The summed E-state index contributed by atoms with van der Waals surface area (Å²) < 4.78 is 28.0. The molecule has 3 aromatic carbocycles. The minimum Gasteiger partial charge on any atom is -0.375 e. The minimum absolute atomic E-state index is 0.340. The molecule has 0 spiro atoms. The lowest BCUT2D eigenvalue weighted by molar-refractivity contribution is 0.590. The van der Waals surface area contributed by atoms with E-state index in [4.69, 9.17) is 0 Å². The van der Waals surface area contributed by atoms with Crippen LogP contribution in [-0.2, 0) is 22.7 Å². The smallest absolute Gasteiger partial charge is 0.188 e. The highest BCUT2D eigenvalue weighted by atomic mass is 32.2. The van der Waals surface area contributed by atoms with E-state index in [-0.39, 0.29) is 0 Å². The summed E-state index contributed by atoms with van der Waals surface area (Å²) in [5, 5.41) is -0.785. The molecule has 3 aromatic rings. The average Bonchev–Trinajstić information content (AvgIpc) is 2.96. The molecule has 0 amide bonds. The van der Waals surface area contributed by atoms with Gasteiger partial charge in [-0.05, 0) is 92.3 Å². The summed E-state index contributed by atoms with van der Waals surface area (Å²) in [6.45, 7) is 12.3. The largest absolute Gasteiger partial charge is 0.375 e. The van der Waals surface area contributed by atoms with E-state index in [1.54, 1.807) is 12.1 Å². The van der Waals surface area contributed by atoms with Gasteiger partial charge in [-0.15, -0.1) is 0 Å². The van der Waals surface area contributed by atoms with Crippen LogP contribution in [0.3, 0.4) is 0 Å². The normalized spacial score (nSPS) is 12.8. The van der Waals surface area contributed by atoms with Crippen LogP contribution in [0.4, 0.5) is 11.4 Å². The van der Waals surface area contributed by atoms with Crippen molar-refractivity contribution in [1.82, 2.24) is 0 Å². The van der Waals surface area contributed by atoms with Crippen LogP contribution in [0, 0.1) is 6.92 Å². The van der Waals surface area contributed by atoms with Gasteiger partial charge in [0.1, 0.15) is 5.25 Å². The fourth-order valence-corrected chi connectivity index (χ4v) is 6.32. The number of hydrogen-bond acceptors (Lipinski definition) is 4. The number of nitrogens with zero attached hydrogens (tertiary/aromatic N) is 2. The van der Waals surface area contributed by atoms with Gasteiger partial charge in [0, 0.05) is 38.6 Å². The molecule has 1 atom stereocenters. The summed E-state index contributed by atoms with van der Waals surface area (Å²) in [4.78, 5) is 4.73. The summed E-state index contributed by atoms with van der Waals surface area (Å²) in [6.07, 6.45) is 9.42. The third-order valence-corrected chi connectivity index (χ3v) is 9.52. The first-order valence-electron chi connectivity index (χ1n) is 14.0. The fourth-order valence-electron chi connectivity index (χ4n) is 4.65. The summed E-state index contributed by atoms with van der Waals surface area (Å²) in [5.74, 6) is 0. The van der Waals surface area contributed by atoms with Gasteiger partial charge in [0.15, 0.2) is 9.84 Å². The van der Waals surface area contributed by atoms with Crippen LogP contribution in [0.5, 0.6) is 0 Å². The van der Waals surface area contributed by atoms with Crippen LogP contribution >= 0.6 is 0 Å². The predicted molar refractivity (Wildman–Crippen MR) is 169 cm³/mol. The first-order chi connectivity index (χ1) is 18.7. The second kappa shape index (κ2) is 13.7. The first-order valence-corrected chi connectivity index (χ1v) is 15.5. The second-order valence-corrected chi connectivity index (χ2v) is 12.1. The molecule has 0 radical (unpaired) electrons. The molecule has 0 N–H and O–H groups in total. The van der Waals surface area contributed by atoms with Gasteiger partial charge in [0.05, 0.1) is 4.90 Å². The number of rotatable bonds is 12. The maximum absolute atomic E-state index is 14.0. The standard InChI is InChI=1S/C34H44N2O2S/c1-8-27-24-30(35(6)10-3)19-18-29(27)14-12-13-15-34(39(37,38)32-21-16-26(5)17-22-32)33-23-20-31(36(7)11-4)25-28(33)9-2/h12-25,34H,8-11H2,1-7H3. The molecule has 39 heavy (non-hydrogen) atoms. The molecule has 4 nitrogen and oxygen atoms in total. The number of aryl methyl sites for hydroxylation is 3. The lowest BCUT2D eigenvalue weighted by atomic mass is 10.00. The van der Waals surface area contributed by atoms with Gasteiger partial charge in [0.25, 0.3) is 0 Å². The SMILES string of the molecule is CCc1cc(N(C)CC)ccc1C=CC=CC(c1ccc(N(C)CC)cc1CC)S(=O)(=O)c1ccc(C)cc1. The van der Waals surface area contributed by atoms with Crippen molar-refractivity contribution < 1.29 is 8.42 Å². The van der Waals surface area contributed by atoms with Crippen LogP contribution < -0.4 is 9.80 Å². The number of hydrogen-bond donors (Lipinski definition) is 0. The Labute approximate surface area is 236 Å². The topological polar surface area (TPSA) is 40.6 Å². The molecule has 5 heteroatoms. The van der Waals surface area contributed by atoms with Gasteiger partial charge < -0.3 is 9.80 Å². The molecule has 1 unspecified atom stereocenters. The lowest BCUT2D eigenvalue weighted by Gasteiger charge is -2.22. The Bertz CT molecular complexity index is 1410. The number of anilines is 2. The summed E-state index contributed by atoms with van der Waals surface area (Å²) in [6, 6.07) is 19.8. The molecule has 0 saturated carbocycles. The van der Waals surface area contributed by atoms with Crippen LogP contribution in [0.1, 0.15) is 60.8 Å². The van der Waals surface area contributed by atoms with Crippen LogP contribution in [-0.4, -0.2) is 35.6 Å². The maximum Gasteiger partial charge on any atom is 0.188 e. The molecule has 0 heterocycles. The van der Waals surface area contributed by atoms with Crippen molar-refractivity contribution >= 4 is 27.3 Å². The summed E-state index contributed by atoms with van der Waals surface area (Å²) >= 11 is 0. The molecule has 0 bridgehead atoms. The highest BCUT2D eigenvalue weighted by molar-refractivity contribution is 7.91. The Kier molecular flexibility index (Phi) is 10.6. The van der Waals surface area contributed by atoms with Gasteiger partial charge >= 0.3 is 0 Å². The third-order valence-electron chi connectivity index (χ3n) is 7.51. The van der Waals surface area contributed by atoms with Crippen LogP contribution in [0.25, 0.3) is 6.08 Å². The molecular weight excluding hydrogens is 500 g/mol. The molecule has 0 fully saturated rings. The molecule has 208 valence electrons. The van der Waals surface area contributed by atoms with Gasteiger partial charge in [-0.3, -0.25) is 0 Å². The zero-order valence-corrected chi connectivity index (χ0v) is 25.4. The summed E-state index contributed by atoms with van der Waals surface area (Å²) in [7, 11) is 0.491. The molecule has 0 saturated heterocycles. The van der Waals surface area contributed by atoms with E-state index in [1.807, 2.05) is 49.4 Å². The van der Waals surface area contributed by atoms with E-state index in [9.17, 15) is 8.42 Å². The Morgan fingerprint density at radius 1 is 0.744 bits per heavy atom. The van der Waals surface area contributed by atoms with Crippen molar-refractivity contribution in [3.05, 3.63) is 107 Å². The molecule has 0 aliphatic rings. The Hall–Kier alpha value is -3.31. The van der Waals surface area contributed by atoms with E-state index < -0.39 is 15.1 Å². The number of benzene rings is 3. The molecule has 0 aliphatic heterocycles. The van der Waals surface area contributed by atoms with E-state index >= 15 is 0 Å². The Morgan fingerprint density at radius 3 is 1.87 bits per heavy atom. The number of sulfone groups is 1. The van der Waals surface area contributed by atoms with E-state index in [2.05, 4.69) is 81.9 Å². The quantitative estimate of drug-likeness (QED) is 0.218. The minimum atomic E-state index is -3.66. The second-order valence-electron chi connectivity index (χ2n) is 10.0. The predicted octanol–water partition coefficient (Wildman–Crippen LogP) is 7.82. The zero-order chi connectivity index (χ0) is 28.6. The monoisotopic (exact) mass is 544 g/mol. The first kappa shape index (κ1) is 30.2. The molecule has 0 aromatic heterocycles.